The lowest BCUT2D eigenvalue weighted by Crippen LogP contribution is -2.23. The molecule has 20 heavy (non-hydrogen) atoms. The molecular formula is C16H17BrO2S. The molecule has 1 unspecified atom stereocenters. The molecule has 2 aromatic rings. The molecular weight excluding hydrogens is 336 g/mol. The van der Waals surface area contributed by atoms with Gasteiger partial charge < -0.3 is 9.84 Å². The van der Waals surface area contributed by atoms with Crippen LogP contribution in [0.4, 0.5) is 0 Å². The molecule has 1 aliphatic rings. The van der Waals surface area contributed by atoms with Crippen LogP contribution in [0.1, 0.15) is 27.8 Å². The lowest BCUT2D eigenvalue weighted by atomic mass is 9.93. The predicted octanol–water partition coefficient (Wildman–Crippen LogP) is 4.20. The minimum Gasteiger partial charge on any atom is -0.493 e. The molecule has 0 amide bonds. The Kier molecular flexibility index (Phi) is 3.65. The molecule has 106 valence electrons. The van der Waals surface area contributed by atoms with Crippen LogP contribution >= 0.6 is 27.3 Å². The van der Waals surface area contributed by atoms with Crippen molar-refractivity contribution in [3.63, 3.8) is 0 Å². The Bertz CT molecular complexity index is 646. The number of aryl methyl sites for hydroxylation is 1. The van der Waals surface area contributed by atoms with Crippen LogP contribution in [0, 0.1) is 6.92 Å². The molecule has 0 radical (unpaired) electrons. The molecule has 0 bridgehead atoms. The van der Waals surface area contributed by atoms with Crippen LogP contribution in [0.3, 0.4) is 0 Å². The van der Waals surface area contributed by atoms with Crippen molar-refractivity contribution in [2.75, 3.05) is 6.61 Å². The summed E-state index contributed by atoms with van der Waals surface area (Å²) in [7, 11) is 0. The molecule has 0 aliphatic carbocycles. The molecule has 2 nitrogen and oxygen atoms in total. The van der Waals surface area contributed by atoms with Gasteiger partial charge in [0.05, 0.1) is 6.61 Å². The summed E-state index contributed by atoms with van der Waals surface area (Å²) in [6, 6.07) is 8.23. The zero-order valence-electron chi connectivity index (χ0n) is 11.6. The summed E-state index contributed by atoms with van der Waals surface area (Å²) in [6.07, 6.45) is 1.51. The van der Waals surface area contributed by atoms with Gasteiger partial charge in [-0.2, -0.15) is 0 Å². The minimum absolute atomic E-state index is 0.564. The van der Waals surface area contributed by atoms with E-state index in [1.807, 2.05) is 13.0 Å². The largest absolute Gasteiger partial charge is 0.493 e. The first kappa shape index (κ1) is 14.1. The van der Waals surface area contributed by atoms with E-state index in [0.717, 1.165) is 33.7 Å². The normalized spacial score (nSPS) is 16.6. The Morgan fingerprint density at radius 2 is 2.20 bits per heavy atom. The molecule has 0 spiro atoms. The summed E-state index contributed by atoms with van der Waals surface area (Å²) in [5.41, 5.74) is 1.44. The molecule has 1 atom stereocenters. The van der Waals surface area contributed by atoms with E-state index in [4.69, 9.17) is 4.74 Å². The van der Waals surface area contributed by atoms with E-state index in [2.05, 4.69) is 41.1 Å². The van der Waals surface area contributed by atoms with Crippen LogP contribution in [0.25, 0.3) is 0 Å². The average molecular weight is 353 g/mol. The maximum atomic E-state index is 10.8. The van der Waals surface area contributed by atoms with Gasteiger partial charge in [-0.3, -0.25) is 0 Å². The monoisotopic (exact) mass is 352 g/mol. The van der Waals surface area contributed by atoms with Crippen LogP contribution < -0.4 is 4.74 Å². The highest BCUT2D eigenvalue weighted by Gasteiger charge is 2.28. The predicted molar refractivity (Wildman–Crippen MR) is 85.7 cm³/mol. The van der Waals surface area contributed by atoms with Crippen LogP contribution in [0.2, 0.25) is 0 Å². The highest BCUT2D eigenvalue weighted by Crippen LogP contribution is 2.38. The number of fused-ring (bicyclic) bond motifs is 1. The Morgan fingerprint density at radius 3 is 2.90 bits per heavy atom. The quantitative estimate of drug-likeness (QED) is 0.896. The standard InChI is InChI=1S/C16H17BrO2S/c1-10-3-4-14(20-10)16(2,18)9-12-8-13(17)7-11-5-6-19-15(11)12/h3-4,7-8,18H,5-6,9H2,1-2H3. The van der Waals surface area contributed by atoms with Crippen molar-refractivity contribution in [1.82, 2.24) is 0 Å². The lowest BCUT2D eigenvalue weighted by Gasteiger charge is -2.23. The topological polar surface area (TPSA) is 29.5 Å². The van der Waals surface area contributed by atoms with Gasteiger partial charge in [0.2, 0.25) is 0 Å². The number of thiophene rings is 1. The van der Waals surface area contributed by atoms with E-state index in [-0.39, 0.29) is 0 Å². The SMILES string of the molecule is Cc1ccc(C(C)(O)Cc2cc(Br)cc3c2OCC3)s1. The molecule has 1 aromatic carbocycles. The third-order valence-corrected chi connectivity index (χ3v) is 5.34. The van der Waals surface area contributed by atoms with Crippen molar-refractivity contribution >= 4 is 27.3 Å². The number of hydrogen-bond acceptors (Lipinski definition) is 3. The summed E-state index contributed by atoms with van der Waals surface area (Å²) in [4.78, 5) is 2.22. The van der Waals surface area contributed by atoms with Gasteiger partial charge in [0.25, 0.3) is 0 Å². The second-order valence-electron chi connectivity index (χ2n) is 5.51. The summed E-state index contributed by atoms with van der Waals surface area (Å²) in [6.45, 7) is 4.67. The van der Waals surface area contributed by atoms with Crippen molar-refractivity contribution in [2.45, 2.75) is 32.3 Å². The van der Waals surface area contributed by atoms with Crippen molar-refractivity contribution in [1.29, 1.82) is 0 Å². The summed E-state index contributed by atoms with van der Waals surface area (Å²) < 4.78 is 6.79. The molecule has 2 heterocycles. The third-order valence-electron chi connectivity index (χ3n) is 3.63. The van der Waals surface area contributed by atoms with E-state index < -0.39 is 5.60 Å². The van der Waals surface area contributed by atoms with Gasteiger partial charge in [0.15, 0.2) is 0 Å². The zero-order valence-corrected chi connectivity index (χ0v) is 14.0. The molecule has 1 aromatic heterocycles. The van der Waals surface area contributed by atoms with Crippen molar-refractivity contribution in [2.24, 2.45) is 0 Å². The van der Waals surface area contributed by atoms with Gasteiger partial charge in [-0.05, 0) is 49.2 Å². The first-order valence-corrected chi connectivity index (χ1v) is 8.30. The first-order chi connectivity index (χ1) is 9.45. The zero-order chi connectivity index (χ0) is 14.3. The average Bonchev–Trinajstić information content (AvgIpc) is 2.97. The molecule has 0 saturated heterocycles. The maximum Gasteiger partial charge on any atom is 0.126 e. The van der Waals surface area contributed by atoms with Crippen LogP contribution in [-0.4, -0.2) is 11.7 Å². The van der Waals surface area contributed by atoms with E-state index in [0.29, 0.717) is 6.42 Å². The second kappa shape index (κ2) is 5.17. The van der Waals surface area contributed by atoms with Crippen LogP contribution in [0.15, 0.2) is 28.7 Å². The van der Waals surface area contributed by atoms with E-state index in [9.17, 15) is 5.11 Å². The Labute approximate surface area is 131 Å². The second-order valence-corrected chi connectivity index (χ2v) is 7.72. The van der Waals surface area contributed by atoms with Crippen LogP contribution in [0.5, 0.6) is 5.75 Å². The van der Waals surface area contributed by atoms with Crippen molar-refractivity contribution in [3.8, 4) is 5.75 Å². The highest BCUT2D eigenvalue weighted by atomic mass is 79.9. The van der Waals surface area contributed by atoms with Gasteiger partial charge in [-0.15, -0.1) is 11.3 Å². The van der Waals surface area contributed by atoms with Gasteiger partial charge in [-0.25, -0.2) is 0 Å². The fourth-order valence-corrected chi connectivity index (χ4v) is 4.12. The first-order valence-electron chi connectivity index (χ1n) is 6.69. The van der Waals surface area contributed by atoms with E-state index in [1.54, 1.807) is 11.3 Å². The number of benzene rings is 1. The van der Waals surface area contributed by atoms with Crippen LogP contribution in [-0.2, 0) is 18.4 Å². The van der Waals surface area contributed by atoms with Gasteiger partial charge in [0, 0.05) is 27.1 Å². The fourth-order valence-electron chi connectivity index (χ4n) is 2.66. The number of ether oxygens (including phenoxy) is 1. The van der Waals surface area contributed by atoms with Gasteiger partial charge in [0.1, 0.15) is 11.4 Å². The number of halogens is 1. The maximum absolute atomic E-state index is 10.8. The molecule has 4 heteroatoms. The summed E-state index contributed by atoms with van der Waals surface area (Å²) in [5.74, 6) is 0.960. The summed E-state index contributed by atoms with van der Waals surface area (Å²) in [5, 5.41) is 10.8. The number of aliphatic hydroxyl groups is 1. The smallest absolute Gasteiger partial charge is 0.126 e. The summed E-state index contributed by atoms with van der Waals surface area (Å²) >= 11 is 5.20. The Morgan fingerprint density at radius 1 is 1.40 bits per heavy atom. The van der Waals surface area contributed by atoms with E-state index >= 15 is 0 Å². The third kappa shape index (κ3) is 2.65. The van der Waals surface area contributed by atoms with Crippen molar-refractivity contribution in [3.05, 3.63) is 49.6 Å². The Hall–Kier alpha value is -0.840. The fraction of sp³-hybridized carbons (Fsp3) is 0.375. The van der Waals surface area contributed by atoms with Gasteiger partial charge >= 0.3 is 0 Å². The minimum atomic E-state index is -0.862. The van der Waals surface area contributed by atoms with E-state index in [1.165, 1.54) is 10.4 Å². The van der Waals surface area contributed by atoms with Gasteiger partial charge in [-0.1, -0.05) is 15.9 Å². The molecule has 0 fully saturated rings. The molecule has 1 aliphatic heterocycles. The lowest BCUT2D eigenvalue weighted by molar-refractivity contribution is 0.0608. The molecule has 0 saturated carbocycles. The number of rotatable bonds is 3. The highest BCUT2D eigenvalue weighted by molar-refractivity contribution is 9.10. The number of hydrogen-bond donors (Lipinski definition) is 1. The van der Waals surface area contributed by atoms with Crippen molar-refractivity contribution < 1.29 is 9.84 Å². The molecule has 1 N–H and O–H groups in total. The Balaban J connectivity index is 1.95. The molecule has 3 rings (SSSR count).